The fraction of sp³-hybridized carbons (Fsp3) is 0.412. The quantitative estimate of drug-likeness (QED) is 0.301. The summed E-state index contributed by atoms with van der Waals surface area (Å²) < 4.78 is 24.4. The van der Waals surface area contributed by atoms with Gasteiger partial charge in [-0.15, -0.1) is 11.8 Å². The van der Waals surface area contributed by atoms with Crippen LogP contribution in [0.3, 0.4) is 0 Å². The molecule has 0 saturated heterocycles. The van der Waals surface area contributed by atoms with E-state index in [0.29, 0.717) is 28.6 Å². The summed E-state index contributed by atoms with van der Waals surface area (Å²) >= 11 is 1.43. The Hall–Kier alpha value is -3.45. The van der Waals surface area contributed by atoms with Gasteiger partial charge in [-0.1, -0.05) is 53.7 Å². The maximum Gasteiger partial charge on any atom is 0.203 e. The molecule has 1 heterocycles. The summed E-state index contributed by atoms with van der Waals surface area (Å²) in [7, 11) is 4.84. The van der Waals surface area contributed by atoms with Gasteiger partial charge in [0.25, 0.3) is 0 Å². The fourth-order valence-electron chi connectivity index (χ4n) is 5.65. The van der Waals surface area contributed by atoms with Crippen LogP contribution in [0.25, 0.3) is 11.1 Å². The first-order valence-corrected chi connectivity index (χ1v) is 15.0. The van der Waals surface area contributed by atoms with E-state index >= 15 is 0 Å². The summed E-state index contributed by atoms with van der Waals surface area (Å²) in [5.41, 5.74) is 6.90. The number of rotatable bonds is 4. The zero-order valence-corrected chi connectivity index (χ0v) is 26.5. The lowest BCUT2D eigenvalue weighted by Gasteiger charge is -2.33. The second-order valence-corrected chi connectivity index (χ2v) is 13.4. The van der Waals surface area contributed by atoms with Gasteiger partial charge in [-0.2, -0.15) is 0 Å². The molecule has 2 aliphatic rings. The highest BCUT2D eigenvalue weighted by atomic mass is 32.2. The summed E-state index contributed by atoms with van der Waals surface area (Å²) in [6, 6.07) is 11.9. The summed E-state index contributed by atoms with van der Waals surface area (Å²) in [6.07, 6.45) is 2.00. The van der Waals surface area contributed by atoms with Crippen LogP contribution in [0.4, 0.5) is 5.69 Å². The molecule has 7 heteroatoms. The van der Waals surface area contributed by atoms with Gasteiger partial charge in [-0.3, -0.25) is 4.79 Å². The molecule has 0 N–H and O–H groups in total. The number of thioether (sulfide) groups is 1. The minimum Gasteiger partial charge on any atom is -0.493 e. The Morgan fingerprint density at radius 2 is 1.59 bits per heavy atom. The third-order valence-corrected chi connectivity index (χ3v) is 8.62. The van der Waals surface area contributed by atoms with Crippen LogP contribution < -0.4 is 24.4 Å². The summed E-state index contributed by atoms with van der Waals surface area (Å²) in [5, 5.41) is 0. The van der Waals surface area contributed by atoms with Gasteiger partial charge in [0.15, 0.2) is 16.9 Å². The molecule has 0 fully saturated rings. The second-order valence-electron chi connectivity index (χ2n) is 12.6. The highest BCUT2D eigenvalue weighted by Crippen LogP contribution is 2.51. The molecule has 5 rings (SSSR count). The molecule has 3 aromatic rings. The largest absolute Gasteiger partial charge is 0.493 e. The molecule has 0 spiro atoms. The molecule has 3 aromatic carbocycles. The minimum absolute atomic E-state index is 0.0623. The normalized spacial score (nSPS) is 15.8. The average molecular weight is 574 g/mol. The number of ether oxygens (including phenoxy) is 4. The van der Waals surface area contributed by atoms with Crippen LogP contribution >= 0.6 is 11.8 Å². The van der Waals surface area contributed by atoms with E-state index in [2.05, 4.69) is 53.7 Å². The summed E-state index contributed by atoms with van der Waals surface area (Å²) in [4.78, 5) is 19.4. The van der Waals surface area contributed by atoms with E-state index in [1.807, 2.05) is 24.5 Å². The van der Waals surface area contributed by atoms with Crippen LogP contribution in [-0.4, -0.2) is 39.4 Å². The number of methoxy groups -OCH3 is 3. The number of nitrogens with zero attached hydrogens (tertiary/aromatic N) is 1. The van der Waals surface area contributed by atoms with E-state index < -0.39 is 6.10 Å². The van der Waals surface area contributed by atoms with Gasteiger partial charge in [0.1, 0.15) is 17.5 Å². The molecule has 0 aromatic heterocycles. The topological polar surface area (TPSA) is 66.4 Å². The first-order chi connectivity index (χ1) is 19.3. The lowest BCUT2D eigenvalue weighted by atomic mass is 9.79. The van der Waals surface area contributed by atoms with Gasteiger partial charge in [-0.25, -0.2) is 4.99 Å². The van der Waals surface area contributed by atoms with Crippen LogP contribution in [-0.2, 0) is 17.3 Å². The van der Waals surface area contributed by atoms with E-state index in [0.717, 1.165) is 45.0 Å². The van der Waals surface area contributed by atoms with E-state index in [1.54, 1.807) is 27.4 Å². The molecule has 1 atom stereocenters. The molecule has 6 nitrogen and oxygen atoms in total. The van der Waals surface area contributed by atoms with Gasteiger partial charge in [-0.05, 0) is 58.0 Å². The predicted molar refractivity (Wildman–Crippen MR) is 168 cm³/mol. The van der Waals surface area contributed by atoms with Gasteiger partial charge < -0.3 is 18.9 Å². The van der Waals surface area contributed by atoms with Crippen LogP contribution in [0.15, 0.2) is 51.1 Å². The molecular formula is C34H39NO5S. The Kier molecular flexibility index (Phi) is 7.39. The van der Waals surface area contributed by atoms with Crippen molar-refractivity contribution >= 4 is 23.2 Å². The Labute approximate surface area is 247 Å². The van der Waals surface area contributed by atoms with Crippen molar-refractivity contribution in [2.24, 2.45) is 4.99 Å². The number of fused-ring (bicyclic) bond motifs is 6. The molecule has 0 amide bonds. The molecule has 1 aliphatic heterocycles. The van der Waals surface area contributed by atoms with Crippen LogP contribution in [0.5, 0.6) is 23.0 Å². The average Bonchev–Trinajstić information content (AvgIpc) is 3.14. The smallest absolute Gasteiger partial charge is 0.203 e. The summed E-state index contributed by atoms with van der Waals surface area (Å²) in [6.45, 7) is 13.2. The lowest BCUT2D eigenvalue weighted by molar-refractivity contribution is 0.257. The Morgan fingerprint density at radius 1 is 0.878 bits per heavy atom. The molecule has 216 valence electrons. The zero-order chi connectivity index (χ0) is 29.9. The first kappa shape index (κ1) is 29.1. The number of hydrogen-bond acceptors (Lipinski definition) is 7. The highest BCUT2D eigenvalue weighted by molar-refractivity contribution is 7.98. The molecule has 1 aliphatic carbocycles. The van der Waals surface area contributed by atoms with E-state index in [-0.39, 0.29) is 16.3 Å². The fourth-order valence-corrected chi connectivity index (χ4v) is 6.12. The maximum absolute atomic E-state index is 13.4. The van der Waals surface area contributed by atoms with Crippen molar-refractivity contribution in [2.75, 3.05) is 27.6 Å². The van der Waals surface area contributed by atoms with Gasteiger partial charge in [0.2, 0.25) is 5.75 Å². The van der Waals surface area contributed by atoms with Crippen molar-refractivity contribution in [3.8, 4) is 34.1 Å². The standard InChI is InChI=1S/C34H39NO5S/c1-33(2,3)19-15-22(34(4,5)6)30-23(16-19)35-29-21-17-24(36)27(41-10)12-11-20(21)28-18(13-25(29)40-30)14-26(37-7)31(38-8)32(28)39-9/h11-12,14-17,25H,13H2,1-10H3. The zero-order valence-electron chi connectivity index (χ0n) is 25.6. The van der Waals surface area contributed by atoms with Crippen molar-refractivity contribution in [1.29, 1.82) is 0 Å². The third-order valence-electron chi connectivity index (χ3n) is 7.84. The van der Waals surface area contributed by atoms with Crippen LogP contribution in [0.1, 0.15) is 63.8 Å². The minimum atomic E-state index is -0.425. The number of aliphatic imine (C=N–C) groups is 1. The van der Waals surface area contributed by atoms with Gasteiger partial charge >= 0.3 is 0 Å². The van der Waals surface area contributed by atoms with E-state index in [1.165, 1.54) is 17.3 Å². The van der Waals surface area contributed by atoms with Crippen molar-refractivity contribution in [2.45, 2.75) is 69.8 Å². The number of benzene rings is 2. The van der Waals surface area contributed by atoms with E-state index in [4.69, 9.17) is 23.9 Å². The van der Waals surface area contributed by atoms with Gasteiger partial charge in [0, 0.05) is 23.1 Å². The Morgan fingerprint density at radius 3 is 2.17 bits per heavy atom. The molecule has 0 bridgehead atoms. The highest BCUT2D eigenvalue weighted by Gasteiger charge is 2.37. The monoisotopic (exact) mass is 573 g/mol. The van der Waals surface area contributed by atoms with Crippen molar-refractivity contribution in [1.82, 2.24) is 0 Å². The van der Waals surface area contributed by atoms with Crippen molar-refractivity contribution < 1.29 is 18.9 Å². The summed E-state index contributed by atoms with van der Waals surface area (Å²) in [5.74, 6) is 2.42. The SMILES string of the molecule is COc1cc2c(c(OC)c1OC)-c1ccc(SC)c(=O)cc1C1=Nc3cc(C(C)(C)C)cc(C(C)(C)C)c3OC1C2. The molecule has 1 unspecified atom stereocenters. The molecule has 0 saturated carbocycles. The lowest BCUT2D eigenvalue weighted by Crippen LogP contribution is -2.33. The van der Waals surface area contributed by atoms with Crippen molar-refractivity contribution in [3.63, 3.8) is 0 Å². The molecule has 0 radical (unpaired) electrons. The Balaban J connectivity index is 1.90. The van der Waals surface area contributed by atoms with E-state index in [9.17, 15) is 4.79 Å². The van der Waals surface area contributed by atoms with Crippen LogP contribution in [0, 0.1) is 0 Å². The Bertz CT molecular complexity index is 1630. The van der Waals surface area contributed by atoms with Gasteiger partial charge in [0.05, 0.1) is 31.9 Å². The van der Waals surface area contributed by atoms with Crippen molar-refractivity contribution in [3.05, 3.63) is 68.9 Å². The first-order valence-electron chi connectivity index (χ1n) is 13.8. The molecule has 41 heavy (non-hydrogen) atoms. The number of hydrogen-bond donors (Lipinski definition) is 0. The second kappa shape index (κ2) is 10.4. The van der Waals surface area contributed by atoms with Crippen LogP contribution in [0.2, 0.25) is 0 Å². The third kappa shape index (κ3) is 4.99. The maximum atomic E-state index is 13.4. The molecular weight excluding hydrogens is 534 g/mol. The predicted octanol–water partition coefficient (Wildman–Crippen LogP) is 7.49.